The molecule has 20 heteroatoms. The van der Waals surface area contributed by atoms with Gasteiger partial charge in [0.05, 0.1) is 6.07 Å². The predicted octanol–water partition coefficient (Wildman–Crippen LogP) is 2.32. The maximum Gasteiger partial charge on any atom is 0.416 e. The van der Waals surface area contributed by atoms with Gasteiger partial charge in [0.2, 0.25) is 0 Å². The van der Waals surface area contributed by atoms with Gasteiger partial charge >= 0.3 is 24.4 Å². The number of carbonyl (C=O) groups is 4. The number of nitriles is 1. The first-order chi connectivity index (χ1) is 26.7. The monoisotopic (exact) mass is 831 g/mol. The molecule has 0 aromatic heterocycles. The molecule has 0 saturated carbocycles. The van der Waals surface area contributed by atoms with Gasteiger partial charge in [-0.2, -0.15) is 5.26 Å². The summed E-state index contributed by atoms with van der Waals surface area (Å²) < 4.78 is 21.2. The molecule has 0 rings (SSSR count). The lowest BCUT2D eigenvalue weighted by atomic mass is 10.2. The maximum atomic E-state index is 12.2. The smallest absolute Gasteiger partial charge is 0.416 e. The second kappa shape index (κ2) is 30.8. The van der Waals surface area contributed by atoms with Gasteiger partial charge in [-0.1, -0.05) is 0 Å². The van der Waals surface area contributed by atoms with Crippen LogP contribution in [0.5, 0.6) is 0 Å². The molecule has 4 amide bonds. The van der Waals surface area contributed by atoms with Gasteiger partial charge in [-0.15, -0.1) is 0 Å². The van der Waals surface area contributed by atoms with E-state index in [0.717, 1.165) is 26.2 Å². The quantitative estimate of drug-likeness (QED) is 0.0472. The molecule has 0 aliphatic carbocycles. The van der Waals surface area contributed by atoms with Crippen LogP contribution >= 0.6 is 0 Å². The van der Waals surface area contributed by atoms with E-state index in [-0.39, 0.29) is 26.3 Å². The molecule has 0 bridgehead atoms. The fourth-order valence-electron chi connectivity index (χ4n) is 3.95. The average molecular weight is 831 g/mol. The average Bonchev–Trinajstić information content (AvgIpc) is 3.06. The van der Waals surface area contributed by atoms with E-state index in [9.17, 15) is 19.2 Å². The van der Waals surface area contributed by atoms with Crippen molar-refractivity contribution >= 4 is 24.4 Å². The van der Waals surface area contributed by atoms with Gasteiger partial charge in [0.15, 0.2) is 0 Å². The number of hydrogen-bond donors (Lipinski definition) is 6. The molecule has 0 unspecified atom stereocenters. The molecule has 0 radical (unpaired) electrons. The van der Waals surface area contributed by atoms with Crippen LogP contribution in [-0.2, 0) is 18.9 Å². The van der Waals surface area contributed by atoms with Gasteiger partial charge in [0, 0.05) is 91.6 Å². The fourth-order valence-corrected chi connectivity index (χ4v) is 3.95. The van der Waals surface area contributed by atoms with Crippen LogP contribution in [0.1, 0.15) is 83.1 Å². The van der Waals surface area contributed by atoms with E-state index in [2.05, 4.69) is 15.5 Å². The maximum absolute atomic E-state index is 12.2. The summed E-state index contributed by atoms with van der Waals surface area (Å²) in [5.74, 6) is 0. The van der Waals surface area contributed by atoms with Gasteiger partial charge in [-0.25, -0.2) is 30.7 Å². The summed E-state index contributed by atoms with van der Waals surface area (Å²) in [7, 11) is 0. The van der Waals surface area contributed by atoms with Gasteiger partial charge in [-0.05, 0) is 83.1 Å². The highest BCUT2D eigenvalue weighted by Gasteiger charge is 2.28. The molecule has 20 nitrogen and oxygen atoms in total. The SMILES string of the molecule is CC(C)(C)OC(=O)N(CCN)CCN(CCN)C(=O)OC(C)(C)C.NCCNCCNCCN.[C-]#[N+]CN(CCN(CC#N)C(=O)OC(C)(C)C)C(=O)OC(C)(C)C. The van der Waals surface area contributed by atoms with Crippen LogP contribution in [0.4, 0.5) is 19.2 Å². The summed E-state index contributed by atoms with van der Waals surface area (Å²) >= 11 is 0. The van der Waals surface area contributed by atoms with E-state index in [1.165, 1.54) is 19.6 Å². The Hall–Kier alpha value is -4.18. The van der Waals surface area contributed by atoms with E-state index in [4.69, 9.17) is 53.7 Å². The van der Waals surface area contributed by atoms with Crippen molar-refractivity contribution < 1.29 is 38.1 Å². The molecule has 0 spiro atoms. The third-order valence-electron chi connectivity index (χ3n) is 6.31. The molecule has 58 heavy (non-hydrogen) atoms. The predicted molar refractivity (Wildman–Crippen MR) is 225 cm³/mol. The molecule has 338 valence electrons. The van der Waals surface area contributed by atoms with Gasteiger partial charge in [0.1, 0.15) is 28.9 Å². The number of ether oxygens (including phenoxy) is 4. The minimum Gasteiger partial charge on any atom is -0.444 e. The summed E-state index contributed by atoms with van der Waals surface area (Å²) in [5, 5.41) is 15.2. The van der Waals surface area contributed by atoms with Crippen molar-refractivity contribution in [2.45, 2.75) is 105 Å². The molecule has 0 heterocycles. The van der Waals surface area contributed by atoms with Crippen LogP contribution in [0.15, 0.2) is 0 Å². The van der Waals surface area contributed by atoms with Gasteiger partial charge in [0.25, 0.3) is 6.67 Å². The third-order valence-corrected chi connectivity index (χ3v) is 6.31. The normalized spacial score (nSPS) is 11.2. The first kappa shape index (κ1) is 58.1. The highest BCUT2D eigenvalue weighted by atomic mass is 16.6. The highest BCUT2D eigenvalue weighted by Crippen LogP contribution is 2.14. The largest absolute Gasteiger partial charge is 0.444 e. The Morgan fingerprint density at radius 2 is 0.810 bits per heavy atom. The molecule has 0 fully saturated rings. The second-order valence-corrected chi connectivity index (χ2v) is 16.7. The highest BCUT2D eigenvalue weighted by molar-refractivity contribution is 5.70. The first-order valence-electron chi connectivity index (χ1n) is 19.5. The van der Waals surface area contributed by atoms with Gasteiger partial charge < -0.3 is 62.3 Å². The number of carbonyl (C=O) groups excluding carboxylic acids is 4. The minimum absolute atomic E-state index is 0.0667. The van der Waals surface area contributed by atoms with Crippen molar-refractivity contribution in [1.82, 2.24) is 30.2 Å². The standard InChI is InChI=1S/C16H26N4O4.C16H34N4O4.C6H18N4/c1-15(2,3)23-13(21)19(9-8-17)10-11-20(12-18-7)14(22)24-16(4,5)6;1-15(2,3)23-13(21)19(9-7-17)11-12-20(10-8-18)14(22)24-16(4,5)6;7-1-3-9-5-6-10-4-2-8/h9-12H2,1-6H3;7-12,17-18H2,1-6H3;9-10H,1-8H2. The van der Waals surface area contributed by atoms with Crippen molar-refractivity contribution in [3.05, 3.63) is 11.4 Å². The lowest BCUT2D eigenvalue weighted by Crippen LogP contribution is -2.46. The molecule has 0 aromatic carbocycles. The van der Waals surface area contributed by atoms with Crippen molar-refractivity contribution in [3.8, 4) is 6.07 Å². The van der Waals surface area contributed by atoms with Crippen molar-refractivity contribution in [2.75, 3.05) is 105 Å². The van der Waals surface area contributed by atoms with E-state index in [0.29, 0.717) is 52.4 Å². The Balaban J connectivity index is -0.000000847. The lowest BCUT2D eigenvalue weighted by Gasteiger charge is -2.31. The molecule has 10 N–H and O–H groups in total. The van der Waals surface area contributed by atoms with Crippen LogP contribution in [0.3, 0.4) is 0 Å². The Morgan fingerprint density at radius 1 is 0.517 bits per heavy atom. The van der Waals surface area contributed by atoms with E-state index >= 15 is 0 Å². The minimum atomic E-state index is -0.688. The Bertz CT molecular complexity index is 1140. The van der Waals surface area contributed by atoms with Crippen LogP contribution in [0.2, 0.25) is 0 Å². The van der Waals surface area contributed by atoms with E-state index in [1.807, 2.05) is 6.07 Å². The number of hydrogen-bond acceptors (Lipinski definition) is 15. The molecule has 0 atom stereocenters. The number of amides is 4. The summed E-state index contributed by atoms with van der Waals surface area (Å²) in [4.78, 5) is 57.1. The number of nitrogens with one attached hydrogen (secondary N) is 2. The molecule has 0 aliphatic heterocycles. The van der Waals surface area contributed by atoms with Crippen molar-refractivity contribution in [1.29, 1.82) is 5.26 Å². The molecular weight excluding hydrogens is 752 g/mol. The third kappa shape index (κ3) is 36.2. The van der Waals surface area contributed by atoms with Crippen LogP contribution in [0.25, 0.3) is 4.85 Å². The summed E-state index contributed by atoms with van der Waals surface area (Å²) in [5.41, 5.74) is 19.1. The van der Waals surface area contributed by atoms with E-state index < -0.39 is 46.8 Å². The zero-order valence-corrected chi connectivity index (χ0v) is 37.6. The molecule has 0 aromatic rings. The van der Waals surface area contributed by atoms with Crippen molar-refractivity contribution in [3.63, 3.8) is 0 Å². The second-order valence-electron chi connectivity index (χ2n) is 16.7. The summed E-state index contributed by atoms with van der Waals surface area (Å²) in [6, 6.07) is 1.89. The lowest BCUT2D eigenvalue weighted by molar-refractivity contribution is 0.0142. The zero-order chi connectivity index (χ0) is 45.6. The topological polar surface area (TPSA) is 274 Å². The zero-order valence-electron chi connectivity index (χ0n) is 37.6. The number of nitrogens with two attached hydrogens (primary N) is 4. The molecular formula is C38H78N12O8. The van der Waals surface area contributed by atoms with Crippen LogP contribution < -0.4 is 33.6 Å². The van der Waals surface area contributed by atoms with Crippen LogP contribution in [-0.4, -0.2) is 171 Å². The fraction of sp³-hybridized carbons (Fsp3) is 0.842. The number of rotatable bonds is 19. The summed E-state index contributed by atoms with van der Waals surface area (Å²) in [6.45, 7) is 34.9. The summed E-state index contributed by atoms with van der Waals surface area (Å²) in [6.07, 6.45) is -2.19. The Labute approximate surface area is 348 Å². The van der Waals surface area contributed by atoms with Gasteiger partial charge in [-0.3, -0.25) is 9.74 Å². The Kier molecular flexibility index (Phi) is 30.9. The van der Waals surface area contributed by atoms with E-state index in [1.54, 1.807) is 83.1 Å². The van der Waals surface area contributed by atoms with Crippen molar-refractivity contribution in [2.24, 2.45) is 22.9 Å². The van der Waals surface area contributed by atoms with Crippen LogP contribution in [0, 0.1) is 17.9 Å². The molecule has 0 aliphatic rings. The first-order valence-corrected chi connectivity index (χ1v) is 19.5. The number of nitrogens with zero attached hydrogens (tertiary/aromatic N) is 6. The Morgan fingerprint density at radius 3 is 1.09 bits per heavy atom. The molecule has 0 saturated heterocycles.